The number of nitrogens with one attached hydrogen (secondary N) is 5. The molecule has 0 aliphatic rings. The van der Waals surface area contributed by atoms with Crippen LogP contribution in [0.3, 0.4) is 0 Å². The number of carboxylic acids is 2. The minimum atomic E-state index is -1.12. The zero-order valence-corrected chi connectivity index (χ0v) is 26.8. The van der Waals surface area contributed by atoms with Crippen molar-refractivity contribution in [2.75, 3.05) is 13.1 Å². The molecule has 3 amide bonds. The Kier molecular flexibility index (Phi) is 25.5. The van der Waals surface area contributed by atoms with Gasteiger partial charge >= 0.3 is 53.4 Å². The molecule has 0 spiro atoms. The van der Waals surface area contributed by atoms with Crippen LogP contribution in [0, 0.1) is 0 Å². The molecule has 0 radical (unpaired) electrons. The van der Waals surface area contributed by atoms with E-state index in [0.717, 1.165) is 0 Å². The number of aliphatic carboxylic acids is 2. The van der Waals surface area contributed by atoms with Gasteiger partial charge in [0, 0.05) is 83.3 Å². The van der Waals surface area contributed by atoms with Gasteiger partial charge in [-0.2, -0.15) is 0 Å². The molecule has 0 unspecified atom stereocenters. The van der Waals surface area contributed by atoms with Gasteiger partial charge in [-0.15, -0.1) is 0 Å². The van der Waals surface area contributed by atoms with E-state index in [9.17, 15) is 33.6 Å². The molecule has 240 valence electrons. The number of hydrogen-bond acceptors (Lipinski definition) is 12. The number of aromatic amines is 2. The fraction of sp³-hybridized carbons (Fsp3) is 0.458. The van der Waals surface area contributed by atoms with Gasteiger partial charge in [-0.05, 0) is 0 Å². The monoisotopic (exact) mass is 636 g/mol. The predicted molar refractivity (Wildman–Crippen MR) is 145 cm³/mol. The first kappa shape index (κ1) is 44.3. The predicted octanol–water partition coefficient (Wildman–Crippen LogP) is -5.16. The van der Waals surface area contributed by atoms with Gasteiger partial charge in [-0.3, -0.25) is 24.0 Å². The summed E-state index contributed by atoms with van der Waals surface area (Å²) in [5.41, 5.74) is 6.47. The maximum atomic E-state index is 11.5. The van der Waals surface area contributed by atoms with Crippen LogP contribution >= 0.6 is 0 Å². The minimum Gasteiger partial charge on any atom is -0.870 e. The summed E-state index contributed by atoms with van der Waals surface area (Å²) in [5, 5.41) is 25.2. The molecule has 0 aliphatic heterocycles. The largest absolute Gasteiger partial charge is 1.00 e. The number of amides is 3. The summed E-state index contributed by atoms with van der Waals surface area (Å²) in [5.74, 6) is -4.36. The number of nitrogens with zero attached hydrogens (tertiary/aromatic N) is 2. The van der Waals surface area contributed by atoms with Crippen LogP contribution in [0.5, 0.6) is 0 Å². The third-order valence-electron chi connectivity index (χ3n) is 4.61. The number of rotatable bonds is 13. The number of esters is 2. The molecule has 0 fully saturated rings. The molecular weight excluding hydrogens is 599 g/mol. The Morgan fingerprint density at radius 1 is 0.818 bits per heavy atom. The zero-order chi connectivity index (χ0) is 32.1. The van der Waals surface area contributed by atoms with Crippen molar-refractivity contribution < 1.29 is 83.5 Å². The quantitative estimate of drug-likeness (QED) is 0.0579. The smallest absolute Gasteiger partial charge is 0.870 e. The Morgan fingerprint density at radius 2 is 1.23 bits per heavy atom. The number of carboxylic acid groups (broad SMARTS) is 2. The van der Waals surface area contributed by atoms with Gasteiger partial charge in [0.15, 0.2) is 0 Å². The molecule has 0 saturated carbocycles. The van der Waals surface area contributed by atoms with Crippen molar-refractivity contribution in [3.8, 4) is 0 Å². The van der Waals surface area contributed by atoms with Gasteiger partial charge in [-0.1, -0.05) is 0 Å². The number of H-pyrrole nitrogens is 2. The van der Waals surface area contributed by atoms with Gasteiger partial charge in [-0.25, -0.2) is 19.6 Å². The first-order valence-corrected chi connectivity index (χ1v) is 12.4. The van der Waals surface area contributed by atoms with Crippen molar-refractivity contribution >= 4 is 41.6 Å². The van der Waals surface area contributed by atoms with Crippen LogP contribution in [0.2, 0.25) is 0 Å². The van der Waals surface area contributed by atoms with Crippen LogP contribution in [-0.2, 0) is 51.1 Å². The molecule has 2 heterocycles. The summed E-state index contributed by atoms with van der Waals surface area (Å²) < 4.78 is 3.97. The first-order chi connectivity index (χ1) is 19.7. The van der Waals surface area contributed by atoms with Gasteiger partial charge in [0.1, 0.15) is 12.1 Å². The van der Waals surface area contributed by atoms with Crippen LogP contribution in [0.15, 0.2) is 25.0 Å². The van der Waals surface area contributed by atoms with E-state index < -0.39 is 41.9 Å². The Labute approximate surface area is 274 Å². The minimum absolute atomic E-state index is 0. The molecule has 0 bridgehead atoms. The van der Waals surface area contributed by atoms with Crippen LogP contribution < -0.4 is 51.2 Å². The normalized spacial score (nSPS) is 10.6. The van der Waals surface area contributed by atoms with Crippen molar-refractivity contribution in [2.24, 2.45) is 5.73 Å². The standard InChI is InChI=1S/C11H16N4O4.C9H14N4O3.C4H6O3.Na.H2O/c1-7(16)13-3-2-10(17)15-9(11(18)19)4-8-5-12-6-14-8;10-2-1-8(14)13-7(9(15)16)3-6-4-11-5-12-6;1-3(5)7-4(2)6;;/h5-6,9H,2-4H2,1H3,(H,12,14)(H,13,16)(H,15,17)(H,18,19);4-5,7H,1-3,10H2,(H,11,12)(H,13,14)(H,15,16);1-2H3;;1H2/q;;;+1;/p-1/t9-;7-;;;/m00.../s1. The van der Waals surface area contributed by atoms with E-state index in [4.69, 9.17) is 15.9 Å². The number of hydrogen-bond donors (Lipinski definition) is 8. The fourth-order valence-electron chi connectivity index (χ4n) is 2.85. The van der Waals surface area contributed by atoms with Crippen molar-refractivity contribution in [3.63, 3.8) is 0 Å². The van der Waals surface area contributed by atoms with E-state index in [0.29, 0.717) is 11.4 Å². The average Bonchev–Trinajstić information content (AvgIpc) is 3.57. The number of imidazole rings is 2. The van der Waals surface area contributed by atoms with Crippen LogP contribution in [0.25, 0.3) is 0 Å². The summed E-state index contributed by atoms with van der Waals surface area (Å²) in [7, 11) is 0. The second-order valence-corrected chi connectivity index (χ2v) is 8.34. The van der Waals surface area contributed by atoms with Crippen molar-refractivity contribution in [2.45, 2.75) is 58.5 Å². The summed E-state index contributed by atoms with van der Waals surface area (Å²) in [6, 6.07) is -1.98. The topological polar surface area (TPSA) is 319 Å². The Hall–Kier alpha value is -4.17. The van der Waals surface area contributed by atoms with Crippen LogP contribution in [0.4, 0.5) is 0 Å². The van der Waals surface area contributed by atoms with E-state index in [2.05, 4.69) is 40.6 Å². The van der Waals surface area contributed by atoms with E-state index >= 15 is 0 Å². The zero-order valence-electron chi connectivity index (χ0n) is 24.8. The third-order valence-corrected chi connectivity index (χ3v) is 4.61. The summed E-state index contributed by atoms with van der Waals surface area (Å²) in [6.45, 7) is 4.08. The summed E-state index contributed by atoms with van der Waals surface area (Å²) in [4.78, 5) is 88.0. The third kappa shape index (κ3) is 23.4. The van der Waals surface area contributed by atoms with Gasteiger partial charge in [0.05, 0.1) is 12.7 Å². The second-order valence-electron chi connectivity index (χ2n) is 8.34. The van der Waals surface area contributed by atoms with Crippen molar-refractivity contribution in [1.82, 2.24) is 35.9 Å². The SMILES string of the molecule is CC(=O)NCCC(=O)N[C@@H](Cc1cnc[nH]1)C(=O)O.CC(=O)OC(C)=O.NCCC(=O)N[C@@H](Cc1cnc[nH]1)C(=O)O.[Na+].[OH-]. The van der Waals surface area contributed by atoms with Crippen molar-refractivity contribution in [1.29, 1.82) is 0 Å². The second kappa shape index (κ2) is 25.3. The fourth-order valence-corrected chi connectivity index (χ4v) is 2.85. The molecule has 20 heteroatoms. The van der Waals surface area contributed by atoms with Crippen molar-refractivity contribution in [3.05, 3.63) is 36.4 Å². The number of aromatic nitrogens is 4. The molecule has 10 N–H and O–H groups in total. The van der Waals surface area contributed by atoms with Gasteiger partial charge < -0.3 is 52.1 Å². The molecule has 2 aromatic rings. The van der Waals surface area contributed by atoms with Gasteiger partial charge in [0.2, 0.25) is 17.7 Å². The summed E-state index contributed by atoms with van der Waals surface area (Å²) >= 11 is 0. The molecule has 2 rings (SSSR count). The maximum absolute atomic E-state index is 11.5. The number of nitrogens with two attached hydrogens (primary N) is 1. The molecule has 19 nitrogen and oxygen atoms in total. The molecule has 44 heavy (non-hydrogen) atoms. The Morgan fingerprint density at radius 3 is 1.50 bits per heavy atom. The number of carbonyl (C=O) groups excluding carboxylic acids is 5. The van der Waals surface area contributed by atoms with E-state index in [-0.39, 0.29) is 85.6 Å². The molecule has 2 atom stereocenters. The van der Waals surface area contributed by atoms with Crippen LogP contribution in [-0.4, -0.2) is 102 Å². The van der Waals surface area contributed by atoms with Crippen LogP contribution in [0.1, 0.15) is 45.0 Å². The number of carbonyl (C=O) groups is 7. The average molecular weight is 637 g/mol. The molecule has 0 aromatic carbocycles. The van der Waals surface area contributed by atoms with E-state index in [1.54, 1.807) is 0 Å². The maximum Gasteiger partial charge on any atom is 1.00 e. The first-order valence-electron chi connectivity index (χ1n) is 12.4. The molecule has 0 saturated heterocycles. The molecule has 0 aliphatic carbocycles. The Bertz CT molecular complexity index is 1150. The molecule has 2 aromatic heterocycles. The van der Waals surface area contributed by atoms with E-state index in [1.807, 2.05) is 0 Å². The summed E-state index contributed by atoms with van der Waals surface area (Å²) in [6.07, 6.45) is 6.36. The van der Waals surface area contributed by atoms with Gasteiger partial charge in [0.25, 0.3) is 0 Å². The Balaban J connectivity index is -0.000000612. The molecular formula is C24H37N8NaO11. The van der Waals surface area contributed by atoms with E-state index in [1.165, 1.54) is 45.8 Å². The number of ether oxygens (including phenoxy) is 1.